The Morgan fingerprint density at radius 2 is 2.11 bits per heavy atom. The molecule has 6 nitrogen and oxygen atoms in total. The van der Waals surface area contributed by atoms with Crippen molar-refractivity contribution in [1.29, 1.82) is 0 Å². The second-order valence-corrected chi connectivity index (χ2v) is 4.98. The van der Waals surface area contributed by atoms with Crippen LogP contribution in [0.5, 0.6) is 0 Å². The molecule has 0 N–H and O–H groups in total. The molecule has 110 valence electrons. The van der Waals surface area contributed by atoms with Crippen molar-refractivity contribution >= 4 is 11.9 Å². The molecule has 0 spiro atoms. The number of rotatable bonds is 7. The number of nitrogens with zero attached hydrogens (tertiary/aromatic N) is 2. The number of ether oxygens (including phenoxy) is 2. The topological polar surface area (TPSA) is 59.1 Å². The van der Waals surface area contributed by atoms with E-state index in [1.807, 2.05) is 4.90 Å². The largest absolute Gasteiger partial charge is 0.469 e. The van der Waals surface area contributed by atoms with Gasteiger partial charge < -0.3 is 14.4 Å². The second-order valence-electron chi connectivity index (χ2n) is 4.98. The quantitative estimate of drug-likeness (QED) is 0.616. The molecule has 0 aromatic heterocycles. The Morgan fingerprint density at radius 1 is 1.37 bits per heavy atom. The molecule has 0 radical (unpaired) electrons. The van der Waals surface area contributed by atoms with Gasteiger partial charge in [0.2, 0.25) is 5.91 Å². The van der Waals surface area contributed by atoms with Crippen molar-refractivity contribution in [1.82, 2.24) is 9.80 Å². The minimum absolute atomic E-state index is 0.0304. The number of hydrogen-bond acceptors (Lipinski definition) is 5. The zero-order valence-electron chi connectivity index (χ0n) is 12.1. The van der Waals surface area contributed by atoms with Crippen LogP contribution < -0.4 is 0 Å². The van der Waals surface area contributed by atoms with Crippen molar-refractivity contribution in [2.24, 2.45) is 0 Å². The Labute approximate surface area is 114 Å². The normalized spacial score (nSPS) is 18.6. The van der Waals surface area contributed by atoms with E-state index in [0.717, 1.165) is 19.4 Å². The Bertz CT molecular complexity index is 301. The minimum Gasteiger partial charge on any atom is -0.469 e. The van der Waals surface area contributed by atoms with Crippen LogP contribution in [0.2, 0.25) is 0 Å². The fraction of sp³-hybridized carbons (Fsp3) is 0.846. The molecule has 1 atom stereocenters. The molecule has 1 saturated heterocycles. The zero-order chi connectivity index (χ0) is 14.3. The highest BCUT2D eigenvalue weighted by Crippen LogP contribution is 2.13. The smallest absolute Gasteiger partial charge is 0.306 e. The molecule has 1 rings (SSSR count). The Kier molecular flexibility index (Phi) is 6.80. The number of carbonyl (C=O) groups is 2. The highest BCUT2D eigenvalue weighted by Gasteiger charge is 2.21. The fourth-order valence-corrected chi connectivity index (χ4v) is 2.00. The minimum atomic E-state index is -0.255. The molecule has 1 unspecified atom stereocenters. The van der Waals surface area contributed by atoms with Crippen molar-refractivity contribution in [3.05, 3.63) is 0 Å². The van der Waals surface area contributed by atoms with Crippen LogP contribution in [0.4, 0.5) is 0 Å². The van der Waals surface area contributed by atoms with Gasteiger partial charge in [-0.15, -0.1) is 0 Å². The van der Waals surface area contributed by atoms with Gasteiger partial charge in [-0.3, -0.25) is 14.5 Å². The molecule has 1 amide bonds. The molecule has 1 aliphatic rings. The highest BCUT2D eigenvalue weighted by molar-refractivity contribution is 5.77. The van der Waals surface area contributed by atoms with E-state index in [0.29, 0.717) is 26.1 Å². The summed E-state index contributed by atoms with van der Waals surface area (Å²) in [6, 6.07) is 0. The molecule has 1 fully saturated rings. The molecule has 1 aliphatic heterocycles. The number of methoxy groups -OCH3 is 1. The van der Waals surface area contributed by atoms with E-state index in [9.17, 15) is 9.59 Å². The summed E-state index contributed by atoms with van der Waals surface area (Å²) in [5, 5.41) is 0. The molecule has 0 bridgehead atoms. The van der Waals surface area contributed by atoms with Gasteiger partial charge in [0.15, 0.2) is 0 Å². The summed E-state index contributed by atoms with van der Waals surface area (Å²) in [6.07, 6.45) is 2.55. The molecular weight excluding hydrogens is 248 g/mol. The van der Waals surface area contributed by atoms with E-state index < -0.39 is 0 Å². The fourth-order valence-electron chi connectivity index (χ4n) is 2.00. The number of esters is 1. The summed E-state index contributed by atoms with van der Waals surface area (Å²) in [7, 11) is 4.83. The van der Waals surface area contributed by atoms with Gasteiger partial charge in [-0.2, -0.15) is 0 Å². The molecule has 19 heavy (non-hydrogen) atoms. The van der Waals surface area contributed by atoms with Crippen LogP contribution in [-0.2, 0) is 19.1 Å². The standard InChI is InChI=1S/C13H24N2O4/c1-14(2)12(16)10-15(7-6-13(17)18-3)9-11-5-4-8-19-11/h11H,4-10H2,1-3H3. The van der Waals surface area contributed by atoms with E-state index in [-0.39, 0.29) is 18.0 Å². The van der Waals surface area contributed by atoms with Crippen molar-refractivity contribution in [2.45, 2.75) is 25.4 Å². The van der Waals surface area contributed by atoms with Gasteiger partial charge >= 0.3 is 5.97 Å². The summed E-state index contributed by atoms with van der Waals surface area (Å²) in [4.78, 5) is 26.5. The van der Waals surface area contributed by atoms with Crippen molar-refractivity contribution in [3.8, 4) is 0 Å². The zero-order valence-corrected chi connectivity index (χ0v) is 12.1. The van der Waals surface area contributed by atoms with Crippen LogP contribution >= 0.6 is 0 Å². The number of hydrogen-bond donors (Lipinski definition) is 0. The monoisotopic (exact) mass is 272 g/mol. The van der Waals surface area contributed by atoms with E-state index in [4.69, 9.17) is 4.74 Å². The summed E-state index contributed by atoms with van der Waals surface area (Å²) in [5.41, 5.74) is 0. The van der Waals surface area contributed by atoms with Crippen molar-refractivity contribution in [2.75, 3.05) is 47.4 Å². The van der Waals surface area contributed by atoms with Crippen LogP contribution in [0.25, 0.3) is 0 Å². The SMILES string of the molecule is COC(=O)CCN(CC(=O)N(C)C)CC1CCCO1. The summed E-state index contributed by atoms with van der Waals surface area (Å²) in [5.74, 6) is -0.225. The van der Waals surface area contributed by atoms with E-state index in [2.05, 4.69) is 4.74 Å². The average Bonchev–Trinajstić information content (AvgIpc) is 2.88. The van der Waals surface area contributed by atoms with Gasteiger partial charge in [0.05, 0.1) is 26.2 Å². The molecular formula is C13H24N2O4. The average molecular weight is 272 g/mol. The van der Waals surface area contributed by atoms with Gasteiger partial charge in [0, 0.05) is 33.8 Å². The molecule has 0 aromatic rings. The molecule has 0 aromatic carbocycles. The third-order valence-corrected chi connectivity index (χ3v) is 3.20. The highest BCUT2D eigenvalue weighted by atomic mass is 16.5. The van der Waals surface area contributed by atoms with Crippen molar-refractivity contribution in [3.63, 3.8) is 0 Å². The summed E-state index contributed by atoms with van der Waals surface area (Å²) >= 11 is 0. The maximum atomic E-state index is 11.8. The number of likely N-dealkylation sites (N-methyl/N-ethyl adjacent to an activating group) is 1. The van der Waals surface area contributed by atoms with Gasteiger partial charge in [0.25, 0.3) is 0 Å². The lowest BCUT2D eigenvalue weighted by molar-refractivity contribution is -0.141. The van der Waals surface area contributed by atoms with E-state index >= 15 is 0 Å². The second kappa shape index (κ2) is 8.12. The van der Waals surface area contributed by atoms with Crippen LogP contribution in [0.15, 0.2) is 0 Å². The van der Waals surface area contributed by atoms with Crippen LogP contribution in [0.1, 0.15) is 19.3 Å². The van der Waals surface area contributed by atoms with Crippen LogP contribution in [0.3, 0.4) is 0 Å². The van der Waals surface area contributed by atoms with Gasteiger partial charge in [-0.25, -0.2) is 0 Å². The van der Waals surface area contributed by atoms with E-state index in [1.54, 1.807) is 19.0 Å². The van der Waals surface area contributed by atoms with Gasteiger partial charge in [-0.05, 0) is 12.8 Å². The molecule has 0 aliphatic carbocycles. The molecule has 6 heteroatoms. The maximum Gasteiger partial charge on any atom is 0.306 e. The third kappa shape index (κ3) is 6.02. The Balaban J connectivity index is 2.45. The van der Waals surface area contributed by atoms with Gasteiger partial charge in [0.1, 0.15) is 0 Å². The third-order valence-electron chi connectivity index (χ3n) is 3.20. The predicted molar refractivity (Wildman–Crippen MR) is 70.7 cm³/mol. The lowest BCUT2D eigenvalue weighted by Gasteiger charge is -2.25. The molecule has 0 saturated carbocycles. The Hall–Kier alpha value is -1.14. The van der Waals surface area contributed by atoms with Crippen LogP contribution in [0, 0.1) is 0 Å². The number of amides is 1. The summed E-state index contributed by atoms with van der Waals surface area (Å²) in [6.45, 7) is 2.31. The Morgan fingerprint density at radius 3 is 2.63 bits per heavy atom. The maximum absolute atomic E-state index is 11.8. The van der Waals surface area contributed by atoms with Crippen molar-refractivity contribution < 1.29 is 19.1 Å². The first-order chi connectivity index (χ1) is 9.02. The predicted octanol–water partition coefficient (Wildman–Crippen LogP) is 0.119. The lowest BCUT2D eigenvalue weighted by Crippen LogP contribution is -2.41. The summed E-state index contributed by atoms with van der Waals surface area (Å²) < 4.78 is 10.2. The lowest BCUT2D eigenvalue weighted by atomic mass is 10.2. The first-order valence-electron chi connectivity index (χ1n) is 6.64. The van der Waals surface area contributed by atoms with Gasteiger partial charge in [-0.1, -0.05) is 0 Å². The first kappa shape index (κ1) is 15.9. The van der Waals surface area contributed by atoms with Crippen LogP contribution in [-0.4, -0.2) is 75.2 Å². The van der Waals surface area contributed by atoms with E-state index in [1.165, 1.54) is 7.11 Å². The number of carbonyl (C=O) groups excluding carboxylic acids is 2. The first-order valence-corrected chi connectivity index (χ1v) is 6.64. The molecule has 1 heterocycles.